The SMILES string of the molecule is CN1C(=O)C(C)(C)c2cc(S(=O)(=O)N(C)CC(=O)NCc3ccc(F)cc3)ccc21. The van der Waals surface area contributed by atoms with Gasteiger partial charge in [0.05, 0.1) is 16.9 Å². The number of hydrogen-bond donors (Lipinski definition) is 1. The summed E-state index contributed by atoms with van der Waals surface area (Å²) in [5, 5.41) is 2.62. The lowest BCUT2D eigenvalue weighted by Crippen LogP contribution is -2.38. The van der Waals surface area contributed by atoms with E-state index in [0.717, 1.165) is 4.31 Å². The number of carbonyl (C=O) groups excluding carboxylic acids is 2. The third kappa shape index (κ3) is 3.95. The van der Waals surface area contributed by atoms with Gasteiger partial charge in [-0.2, -0.15) is 4.31 Å². The van der Waals surface area contributed by atoms with E-state index in [0.29, 0.717) is 16.8 Å². The molecule has 7 nitrogen and oxygen atoms in total. The summed E-state index contributed by atoms with van der Waals surface area (Å²) in [6.45, 7) is 3.29. The summed E-state index contributed by atoms with van der Waals surface area (Å²) in [6, 6.07) is 10.2. The zero-order valence-electron chi connectivity index (χ0n) is 17.3. The minimum Gasteiger partial charge on any atom is -0.351 e. The van der Waals surface area contributed by atoms with Gasteiger partial charge in [-0.25, -0.2) is 12.8 Å². The molecule has 30 heavy (non-hydrogen) atoms. The minimum absolute atomic E-state index is 0.0197. The Bertz CT molecular complexity index is 1100. The predicted molar refractivity (Wildman–Crippen MR) is 111 cm³/mol. The molecule has 0 fully saturated rings. The van der Waals surface area contributed by atoms with Crippen molar-refractivity contribution in [2.24, 2.45) is 0 Å². The molecule has 0 aliphatic carbocycles. The molecule has 0 spiro atoms. The van der Waals surface area contributed by atoms with Crippen molar-refractivity contribution in [3.63, 3.8) is 0 Å². The number of hydrogen-bond acceptors (Lipinski definition) is 4. The molecular weight excluding hydrogens is 409 g/mol. The lowest BCUT2D eigenvalue weighted by Gasteiger charge is -2.19. The van der Waals surface area contributed by atoms with Crippen molar-refractivity contribution >= 4 is 27.5 Å². The van der Waals surface area contributed by atoms with E-state index in [-0.39, 0.29) is 29.7 Å². The molecule has 160 valence electrons. The van der Waals surface area contributed by atoms with Crippen LogP contribution in [-0.4, -0.2) is 45.2 Å². The van der Waals surface area contributed by atoms with E-state index in [1.165, 1.54) is 36.2 Å². The van der Waals surface area contributed by atoms with Gasteiger partial charge in [0.1, 0.15) is 5.82 Å². The van der Waals surface area contributed by atoms with Gasteiger partial charge in [0.25, 0.3) is 0 Å². The summed E-state index contributed by atoms with van der Waals surface area (Å²) < 4.78 is 39.8. The second-order valence-electron chi connectivity index (χ2n) is 7.83. The highest BCUT2D eigenvalue weighted by Crippen LogP contribution is 2.41. The molecule has 0 aromatic heterocycles. The van der Waals surface area contributed by atoms with Gasteiger partial charge in [0.2, 0.25) is 21.8 Å². The number of halogens is 1. The first-order valence-corrected chi connectivity index (χ1v) is 10.8. The lowest BCUT2D eigenvalue weighted by atomic mass is 9.86. The smallest absolute Gasteiger partial charge is 0.243 e. The maximum Gasteiger partial charge on any atom is 0.243 e. The fourth-order valence-corrected chi connectivity index (χ4v) is 4.59. The number of anilines is 1. The average Bonchev–Trinajstić information content (AvgIpc) is 2.87. The van der Waals surface area contributed by atoms with Crippen LogP contribution >= 0.6 is 0 Å². The summed E-state index contributed by atoms with van der Waals surface area (Å²) in [5.74, 6) is -0.969. The highest BCUT2D eigenvalue weighted by atomic mass is 32.2. The number of nitrogens with one attached hydrogen (secondary N) is 1. The fraction of sp³-hybridized carbons (Fsp3) is 0.333. The van der Waals surface area contributed by atoms with Crippen molar-refractivity contribution in [2.75, 3.05) is 25.5 Å². The van der Waals surface area contributed by atoms with E-state index in [1.807, 2.05) is 0 Å². The van der Waals surface area contributed by atoms with Gasteiger partial charge in [0.15, 0.2) is 0 Å². The van der Waals surface area contributed by atoms with Crippen LogP contribution in [0.25, 0.3) is 0 Å². The molecule has 3 rings (SSSR count). The number of rotatable bonds is 6. The molecule has 1 N–H and O–H groups in total. The van der Waals surface area contributed by atoms with Gasteiger partial charge < -0.3 is 10.2 Å². The maximum absolute atomic E-state index is 13.0. The molecule has 2 aromatic carbocycles. The summed E-state index contributed by atoms with van der Waals surface area (Å²) in [7, 11) is -0.960. The zero-order chi connectivity index (χ0) is 22.3. The third-order valence-electron chi connectivity index (χ3n) is 5.32. The van der Waals surface area contributed by atoms with Crippen LogP contribution in [-0.2, 0) is 31.6 Å². The molecular formula is C21H24FN3O4S. The number of amides is 2. The highest BCUT2D eigenvalue weighted by molar-refractivity contribution is 7.89. The molecule has 0 unspecified atom stereocenters. The Kier molecular flexibility index (Phi) is 5.70. The van der Waals surface area contributed by atoms with Crippen LogP contribution in [0.3, 0.4) is 0 Å². The Labute approximate surface area is 175 Å². The van der Waals surface area contributed by atoms with E-state index < -0.39 is 21.3 Å². The molecule has 0 radical (unpaired) electrons. The topological polar surface area (TPSA) is 86.8 Å². The molecule has 2 amide bonds. The fourth-order valence-electron chi connectivity index (χ4n) is 3.44. The molecule has 9 heteroatoms. The Balaban J connectivity index is 1.72. The number of nitrogens with zero attached hydrogens (tertiary/aromatic N) is 2. The summed E-state index contributed by atoms with van der Waals surface area (Å²) in [6.07, 6.45) is 0. The van der Waals surface area contributed by atoms with Gasteiger partial charge in [-0.1, -0.05) is 12.1 Å². The summed E-state index contributed by atoms with van der Waals surface area (Å²) in [4.78, 5) is 26.2. The van der Waals surface area contributed by atoms with Crippen LogP contribution in [0.1, 0.15) is 25.0 Å². The van der Waals surface area contributed by atoms with Crippen LogP contribution in [0, 0.1) is 5.82 Å². The van der Waals surface area contributed by atoms with Crippen molar-refractivity contribution < 1.29 is 22.4 Å². The van der Waals surface area contributed by atoms with Gasteiger partial charge >= 0.3 is 0 Å². The van der Waals surface area contributed by atoms with Crippen LogP contribution in [0.15, 0.2) is 47.4 Å². The summed E-state index contributed by atoms with van der Waals surface area (Å²) >= 11 is 0. The molecule has 0 bridgehead atoms. The largest absolute Gasteiger partial charge is 0.351 e. The van der Waals surface area contributed by atoms with Gasteiger partial charge in [0, 0.05) is 26.3 Å². The first-order chi connectivity index (χ1) is 13.9. The Morgan fingerprint density at radius 3 is 2.43 bits per heavy atom. The molecule has 1 heterocycles. The average molecular weight is 434 g/mol. The maximum atomic E-state index is 13.0. The van der Waals surface area contributed by atoms with E-state index in [1.54, 1.807) is 39.1 Å². The Hall–Kier alpha value is -2.78. The highest BCUT2D eigenvalue weighted by Gasteiger charge is 2.43. The van der Waals surface area contributed by atoms with E-state index in [4.69, 9.17) is 0 Å². The van der Waals surface area contributed by atoms with Crippen molar-refractivity contribution in [2.45, 2.75) is 30.7 Å². The van der Waals surface area contributed by atoms with Crippen molar-refractivity contribution in [3.8, 4) is 0 Å². The van der Waals surface area contributed by atoms with Crippen molar-refractivity contribution in [1.29, 1.82) is 0 Å². The van der Waals surface area contributed by atoms with Crippen LogP contribution in [0.4, 0.5) is 10.1 Å². The molecule has 1 aliphatic heterocycles. The summed E-state index contributed by atoms with van der Waals surface area (Å²) in [5.41, 5.74) is 1.17. The third-order valence-corrected chi connectivity index (χ3v) is 7.12. The zero-order valence-corrected chi connectivity index (χ0v) is 18.1. The molecule has 0 saturated carbocycles. The molecule has 1 aliphatic rings. The minimum atomic E-state index is -3.94. The quantitative estimate of drug-likeness (QED) is 0.755. The van der Waals surface area contributed by atoms with E-state index >= 15 is 0 Å². The van der Waals surface area contributed by atoms with Gasteiger partial charge in [-0.3, -0.25) is 9.59 Å². The number of sulfonamides is 1. The van der Waals surface area contributed by atoms with E-state index in [9.17, 15) is 22.4 Å². The Morgan fingerprint density at radius 2 is 1.80 bits per heavy atom. The van der Waals surface area contributed by atoms with Crippen molar-refractivity contribution in [3.05, 3.63) is 59.4 Å². The Morgan fingerprint density at radius 1 is 1.17 bits per heavy atom. The van der Waals surface area contributed by atoms with Crippen LogP contribution in [0.2, 0.25) is 0 Å². The second kappa shape index (κ2) is 7.81. The molecule has 2 aromatic rings. The van der Waals surface area contributed by atoms with Gasteiger partial charge in [-0.05, 0) is 55.3 Å². The van der Waals surface area contributed by atoms with Crippen molar-refractivity contribution in [1.82, 2.24) is 9.62 Å². The first kappa shape index (κ1) is 21.9. The number of fused-ring (bicyclic) bond motifs is 1. The molecule has 0 saturated heterocycles. The predicted octanol–water partition coefficient (Wildman–Crippen LogP) is 2.02. The normalized spacial score (nSPS) is 15.4. The first-order valence-electron chi connectivity index (χ1n) is 9.35. The standard InChI is InChI=1S/C21H24FN3O4S/c1-21(2)17-11-16(9-10-18(17)25(4)20(21)27)30(28,29)24(3)13-19(26)23-12-14-5-7-15(22)8-6-14/h5-11H,12-13H2,1-4H3,(H,23,26). The van der Waals surface area contributed by atoms with Crippen LogP contribution in [0.5, 0.6) is 0 Å². The number of likely N-dealkylation sites (N-methyl/N-ethyl adjacent to an activating group) is 2. The lowest BCUT2D eigenvalue weighted by molar-refractivity contribution is -0.122. The van der Waals surface area contributed by atoms with Gasteiger partial charge in [-0.15, -0.1) is 0 Å². The van der Waals surface area contributed by atoms with Crippen LogP contribution < -0.4 is 10.2 Å². The van der Waals surface area contributed by atoms with E-state index in [2.05, 4.69) is 5.32 Å². The second-order valence-corrected chi connectivity index (χ2v) is 9.88. The monoisotopic (exact) mass is 433 g/mol. The molecule has 0 atom stereocenters. The number of benzene rings is 2. The number of carbonyl (C=O) groups is 2.